The van der Waals surface area contributed by atoms with Crippen molar-refractivity contribution in [3.63, 3.8) is 0 Å². The summed E-state index contributed by atoms with van der Waals surface area (Å²) in [5, 5.41) is 8.54. The number of amides is 2. The van der Waals surface area contributed by atoms with Crippen molar-refractivity contribution in [2.45, 2.75) is 50.5 Å². The maximum absolute atomic E-state index is 13.2. The Hall–Kier alpha value is -3.11. The van der Waals surface area contributed by atoms with E-state index in [0.717, 1.165) is 25.7 Å². The van der Waals surface area contributed by atoms with Gasteiger partial charge in [0.1, 0.15) is 11.8 Å². The highest BCUT2D eigenvalue weighted by molar-refractivity contribution is 7.89. The molecule has 2 aromatic rings. The van der Waals surface area contributed by atoms with Gasteiger partial charge < -0.3 is 20.7 Å². The highest BCUT2D eigenvalue weighted by Crippen LogP contribution is 2.30. The maximum Gasteiger partial charge on any atom is 0.246 e. The molecule has 3 N–H and O–H groups in total. The molecule has 2 amide bonds. The third kappa shape index (κ3) is 6.48. The van der Waals surface area contributed by atoms with E-state index in [0.29, 0.717) is 35.9 Å². The second-order valence-corrected chi connectivity index (χ2v) is 10.2. The third-order valence-corrected chi connectivity index (χ3v) is 7.51. The van der Waals surface area contributed by atoms with Crippen molar-refractivity contribution < 1.29 is 22.7 Å². The van der Waals surface area contributed by atoms with E-state index in [1.807, 2.05) is 0 Å². The van der Waals surface area contributed by atoms with E-state index in [1.54, 1.807) is 37.3 Å². The SMILES string of the molecule is COc1ccc(S(=O)(=O)N2CCCCCC2)cc1N[C@H](C)C(=O)Nc1ccc(NC(C)=O)cc1. The van der Waals surface area contributed by atoms with Crippen molar-refractivity contribution in [2.24, 2.45) is 0 Å². The molecule has 0 bridgehead atoms. The molecule has 0 radical (unpaired) electrons. The minimum Gasteiger partial charge on any atom is -0.495 e. The number of sulfonamides is 1. The lowest BCUT2D eigenvalue weighted by molar-refractivity contribution is -0.116. The summed E-state index contributed by atoms with van der Waals surface area (Å²) in [4.78, 5) is 24.0. The summed E-state index contributed by atoms with van der Waals surface area (Å²) >= 11 is 0. The van der Waals surface area contributed by atoms with Crippen LogP contribution < -0.4 is 20.7 Å². The Labute approximate surface area is 200 Å². The van der Waals surface area contributed by atoms with E-state index in [4.69, 9.17) is 4.74 Å². The summed E-state index contributed by atoms with van der Waals surface area (Å²) in [5.74, 6) is -0.0483. The molecule has 1 fully saturated rings. The Morgan fingerprint density at radius 1 is 0.941 bits per heavy atom. The molecule has 0 aromatic heterocycles. The fraction of sp³-hybridized carbons (Fsp3) is 0.417. The monoisotopic (exact) mass is 488 g/mol. The molecule has 0 unspecified atom stereocenters. The Kier molecular flexibility index (Phi) is 8.51. The van der Waals surface area contributed by atoms with Crippen LogP contribution in [0.25, 0.3) is 0 Å². The van der Waals surface area contributed by atoms with Crippen molar-refractivity contribution in [3.8, 4) is 5.75 Å². The lowest BCUT2D eigenvalue weighted by atomic mass is 10.2. The van der Waals surface area contributed by atoms with Gasteiger partial charge in [0.2, 0.25) is 21.8 Å². The fourth-order valence-electron chi connectivity index (χ4n) is 3.78. The van der Waals surface area contributed by atoms with E-state index < -0.39 is 16.1 Å². The molecule has 1 heterocycles. The lowest BCUT2D eigenvalue weighted by Gasteiger charge is -2.22. The first kappa shape index (κ1) is 25.5. The van der Waals surface area contributed by atoms with Crippen LogP contribution >= 0.6 is 0 Å². The number of methoxy groups -OCH3 is 1. The van der Waals surface area contributed by atoms with Crippen LogP contribution in [0.5, 0.6) is 5.75 Å². The molecule has 34 heavy (non-hydrogen) atoms. The van der Waals surface area contributed by atoms with Crippen LogP contribution in [-0.4, -0.2) is 50.8 Å². The lowest BCUT2D eigenvalue weighted by Crippen LogP contribution is -2.33. The predicted octanol–water partition coefficient (Wildman–Crippen LogP) is 3.66. The standard InChI is InChI=1S/C24H32N4O5S/c1-17(24(30)27-20-10-8-19(9-11-20)26-18(2)29)25-22-16-21(12-13-23(22)33-3)34(31,32)28-14-6-4-5-7-15-28/h8-13,16-17,25H,4-7,14-15H2,1-3H3,(H,26,29)(H,27,30)/t17-/m1/s1. The molecule has 10 heteroatoms. The first-order chi connectivity index (χ1) is 16.2. The number of anilines is 3. The molecule has 1 aliphatic rings. The highest BCUT2D eigenvalue weighted by atomic mass is 32.2. The second-order valence-electron chi connectivity index (χ2n) is 8.29. The Balaban J connectivity index is 1.73. The van der Waals surface area contributed by atoms with E-state index in [1.165, 1.54) is 30.5 Å². The smallest absolute Gasteiger partial charge is 0.246 e. The normalized spacial score (nSPS) is 15.6. The second kappa shape index (κ2) is 11.3. The summed E-state index contributed by atoms with van der Waals surface area (Å²) in [6.45, 7) is 4.12. The zero-order valence-corrected chi connectivity index (χ0v) is 20.6. The van der Waals surface area contributed by atoms with Gasteiger partial charge in [-0.05, 0) is 62.2 Å². The molecular weight excluding hydrogens is 456 g/mol. The number of benzene rings is 2. The van der Waals surface area contributed by atoms with Crippen LogP contribution in [0.1, 0.15) is 39.5 Å². The minimum atomic E-state index is -3.64. The van der Waals surface area contributed by atoms with Crippen LogP contribution in [-0.2, 0) is 19.6 Å². The number of hydrogen-bond acceptors (Lipinski definition) is 6. The summed E-state index contributed by atoms with van der Waals surface area (Å²) in [6.07, 6.45) is 3.76. The first-order valence-corrected chi connectivity index (χ1v) is 12.8. The number of nitrogens with one attached hydrogen (secondary N) is 3. The predicted molar refractivity (Wildman–Crippen MR) is 133 cm³/mol. The summed E-state index contributed by atoms with van der Waals surface area (Å²) in [5.41, 5.74) is 1.61. The quantitative estimate of drug-likeness (QED) is 0.522. The van der Waals surface area contributed by atoms with Gasteiger partial charge in [0.25, 0.3) is 0 Å². The zero-order chi connectivity index (χ0) is 24.7. The number of nitrogens with zero attached hydrogens (tertiary/aromatic N) is 1. The van der Waals surface area contributed by atoms with Gasteiger partial charge in [-0.25, -0.2) is 8.42 Å². The van der Waals surface area contributed by atoms with Crippen molar-refractivity contribution in [2.75, 3.05) is 36.1 Å². The molecule has 184 valence electrons. The van der Waals surface area contributed by atoms with Crippen molar-refractivity contribution in [3.05, 3.63) is 42.5 Å². The minimum absolute atomic E-state index is 0.166. The molecular formula is C24H32N4O5S. The van der Waals surface area contributed by atoms with Gasteiger partial charge in [-0.1, -0.05) is 12.8 Å². The van der Waals surface area contributed by atoms with Crippen LogP contribution in [0.3, 0.4) is 0 Å². The van der Waals surface area contributed by atoms with Crippen LogP contribution in [0.15, 0.2) is 47.4 Å². The number of ether oxygens (including phenoxy) is 1. The van der Waals surface area contributed by atoms with Crippen molar-refractivity contribution in [1.29, 1.82) is 0 Å². The van der Waals surface area contributed by atoms with Gasteiger partial charge in [-0.3, -0.25) is 9.59 Å². The van der Waals surface area contributed by atoms with E-state index in [9.17, 15) is 18.0 Å². The molecule has 1 aliphatic heterocycles. The van der Waals surface area contributed by atoms with E-state index >= 15 is 0 Å². The van der Waals surface area contributed by atoms with Gasteiger partial charge in [0.15, 0.2) is 0 Å². The Morgan fingerprint density at radius 3 is 2.09 bits per heavy atom. The van der Waals surface area contributed by atoms with E-state index in [2.05, 4.69) is 16.0 Å². The topological polar surface area (TPSA) is 117 Å². The zero-order valence-electron chi connectivity index (χ0n) is 19.8. The Morgan fingerprint density at radius 2 is 1.53 bits per heavy atom. The van der Waals surface area contributed by atoms with Gasteiger partial charge in [-0.2, -0.15) is 4.31 Å². The molecule has 1 atom stereocenters. The van der Waals surface area contributed by atoms with Gasteiger partial charge in [0.05, 0.1) is 17.7 Å². The fourth-order valence-corrected chi connectivity index (χ4v) is 5.32. The van der Waals surface area contributed by atoms with Gasteiger partial charge in [0, 0.05) is 31.4 Å². The third-order valence-electron chi connectivity index (χ3n) is 5.61. The summed E-state index contributed by atoms with van der Waals surface area (Å²) < 4.78 is 33.3. The molecule has 1 saturated heterocycles. The number of hydrogen-bond donors (Lipinski definition) is 3. The average Bonchev–Trinajstić information content (AvgIpc) is 3.10. The largest absolute Gasteiger partial charge is 0.495 e. The first-order valence-electron chi connectivity index (χ1n) is 11.3. The molecule has 0 spiro atoms. The van der Waals surface area contributed by atoms with Crippen molar-refractivity contribution >= 4 is 38.9 Å². The van der Waals surface area contributed by atoms with Crippen molar-refractivity contribution in [1.82, 2.24) is 4.31 Å². The number of carbonyl (C=O) groups is 2. The maximum atomic E-state index is 13.2. The molecule has 9 nitrogen and oxygen atoms in total. The summed E-state index contributed by atoms with van der Waals surface area (Å²) in [6, 6.07) is 10.7. The van der Waals surface area contributed by atoms with Crippen LogP contribution in [0.4, 0.5) is 17.1 Å². The van der Waals surface area contributed by atoms with Crippen LogP contribution in [0.2, 0.25) is 0 Å². The number of rotatable bonds is 8. The van der Waals surface area contributed by atoms with E-state index in [-0.39, 0.29) is 16.7 Å². The Bertz CT molecular complexity index is 1110. The highest BCUT2D eigenvalue weighted by Gasteiger charge is 2.26. The molecule has 0 aliphatic carbocycles. The number of carbonyl (C=O) groups excluding carboxylic acids is 2. The average molecular weight is 489 g/mol. The van der Waals surface area contributed by atoms with Crippen LogP contribution in [0, 0.1) is 0 Å². The molecule has 2 aromatic carbocycles. The molecule has 0 saturated carbocycles. The molecule has 3 rings (SSSR count). The van der Waals surface area contributed by atoms with Gasteiger partial charge in [-0.15, -0.1) is 0 Å². The van der Waals surface area contributed by atoms with Gasteiger partial charge >= 0.3 is 0 Å². The summed E-state index contributed by atoms with van der Waals surface area (Å²) in [7, 11) is -2.15.